The van der Waals surface area contributed by atoms with Gasteiger partial charge in [0.15, 0.2) is 0 Å². The first-order valence-corrected chi connectivity index (χ1v) is 7.24. The standard InChI is InChI=1S/C15H16N4O4/c1-11-16-17-13(22-11)14(20)18-7-9-19(10-8-18)15(21)23-12-5-3-2-4-6-12/h2-6H,7-10H2,1H3. The molecule has 0 spiro atoms. The van der Waals surface area contributed by atoms with Gasteiger partial charge in [0.05, 0.1) is 0 Å². The van der Waals surface area contributed by atoms with Crippen LogP contribution in [0, 0.1) is 6.92 Å². The molecular formula is C15H16N4O4. The molecule has 0 atom stereocenters. The van der Waals surface area contributed by atoms with E-state index in [1.165, 1.54) is 0 Å². The van der Waals surface area contributed by atoms with Crippen LogP contribution >= 0.6 is 0 Å². The number of carbonyl (C=O) groups is 2. The van der Waals surface area contributed by atoms with Crippen molar-refractivity contribution in [1.29, 1.82) is 0 Å². The summed E-state index contributed by atoms with van der Waals surface area (Å²) in [7, 11) is 0. The molecule has 23 heavy (non-hydrogen) atoms. The Balaban J connectivity index is 1.54. The van der Waals surface area contributed by atoms with Gasteiger partial charge in [-0.25, -0.2) is 4.79 Å². The molecule has 0 aliphatic carbocycles. The van der Waals surface area contributed by atoms with Crippen LogP contribution in [0.15, 0.2) is 34.7 Å². The maximum absolute atomic E-state index is 12.2. The van der Waals surface area contributed by atoms with Gasteiger partial charge in [-0.2, -0.15) is 0 Å². The predicted molar refractivity (Wildman–Crippen MR) is 79.0 cm³/mol. The van der Waals surface area contributed by atoms with E-state index < -0.39 is 6.09 Å². The van der Waals surface area contributed by atoms with E-state index in [4.69, 9.17) is 9.15 Å². The van der Waals surface area contributed by atoms with E-state index >= 15 is 0 Å². The number of amides is 2. The van der Waals surface area contributed by atoms with Crippen LogP contribution < -0.4 is 4.74 Å². The van der Waals surface area contributed by atoms with Gasteiger partial charge in [-0.15, -0.1) is 10.2 Å². The van der Waals surface area contributed by atoms with Gasteiger partial charge in [0.1, 0.15) is 5.75 Å². The SMILES string of the molecule is Cc1nnc(C(=O)N2CCN(C(=O)Oc3ccccc3)CC2)o1. The smallest absolute Gasteiger partial charge is 0.415 e. The van der Waals surface area contributed by atoms with E-state index in [1.54, 1.807) is 41.0 Å². The number of rotatable bonds is 2. The van der Waals surface area contributed by atoms with Gasteiger partial charge >= 0.3 is 17.9 Å². The van der Waals surface area contributed by atoms with Gasteiger partial charge in [0.25, 0.3) is 0 Å². The summed E-state index contributed by atoms with van der Waals surface area (Å²) in [6.45, 7) is 3.20. The van der Waals surface area contributed by atoms with Crippen LogP contribution in [-0.2, 0) is 0 Å². The molecule has 1 fully saturated rings. The molecular weight excluding hydrogens is 300 g/mol. The number of para-hydroxylation sites is 1. The zero-order valence-corrected chi connectivity index (χ0v) is 12.6. The van der Waals surface area contributed by atoms with Gasteiger partial charge in [-0.1, -0.05) is 18.2 Å². The minimum atomic E-state index is -0.420. The number of aromatic nitrogens is 2. The van der Waals surface area contributed by atoms with Crippen molar-refractivity contribution >= 4 is 12.0 Å². The van der Waals surface area contributed by atoms with Crippen molar-refractivity contribution in [2.24, 2.45) is 0 Å². The quantitative estimate of drug-likeness (QED) is 0.830. The van der Waals surface area contributed by atoms with Crippen molar-refractivity contribution in [3.63, 3.8) is 0 Å². The zero-order valence-electron chi connectivity index (χ0n) is 12.6. The van der Waals surface area contributed by atoms with E-state index in [0.717, 1.165) is 0 Å². The highest BCUT2D eigenvalue weighted by atomic mass is 16.6. The molecule has 1 aromatic carbocycles. The predicted octanol–water partition coefficient (Wildman–Crippen LogP) is 1.33. The molecule has 0 N–H and O–H groups in total. The number of hydrogen-bond donors (Lipinski definition) is 0. The largest absolute Gasteiger partial charge is 0.417 e. The third-order valence-electron chi connectivity index (χ3n) is 3.48. The minimum Gasteiger partial charge on any atom is -0.417 e. The molecule has 1 aromatic heterocycles. The second-order valence-corrected chi connectivity index (χ2v) is 5.09. The number of nitrogens with zero attached hydrogens (tertiary/aromatic N) is 4. The zero-order chi connectivity index (χ0) is 16.2. The highest BCUT2D eigenvalue weighted by molar-refractivity contribution is 5.89. The summed E-state index contributed by atoms with van der Waals surface area (Å²) in [5.41, 5.74) is 0. The first-order valence-electron chi connectivity index (χ1n) is 7.24. The summed E-state index contributed by atoms with van der Waals surface area (Å²) in [5, 5.41) is 7.36. The molecule has 0 unspecified atom stereocenters. The number of piperazine rings is 1. The summed E-state index contributed by atoms with van der Waals surface area (Å²) < 4.78 is 10.4. The Hall–Kier alpha value is -2.90. The van der Waals surface area contributed by atoms with Crippen LogP contribution in [0.5, 0.6) is 5.75 Å². The Morgan fingerprint density at radius 3 is 2.30 bits per heavy atom. The molecule has 0 bridgehead atoms. The fourth-order valence-corrected chi connectivity index (χ4v) is 2.26. The van der Waals surface area contributed by atoms with E-state index in [0.29, 0.717) is 37.8 Å². The number of ether oxygens (including phenoxy) is 1. The molecule has 2 aromatic rings. The first kappa shape index (κ1) is 15.0. The Kier molecular flexibility index (Phi) is 4.22. The molecule has 2 heterocycles. The Morgan fingerprint density at radius 2 is 1.70 bits per heavy atom. The highest BCUT2D eigenvalue weighted by Gasteiger charge is 2.28. The Labute approximate surface area is 132 Å². The third kappa shape index (κ3) is 3.47. The van der Waals surface area contributed by atoms with Crippen molar-refractivity contribution in [3.8, 4) is 5.75 Å². The number of aryl methyl sites for hydroxylation is 1. The van der Waals surface area contributed by atoms with Gasteiger partial charge < -0.3 is 19.0 Å². The van der Waals surface area contributed by atoms with Crippen LogP contribution in [0.1, 0.15) is 16.6 Å². The van der Waals surface area contributed by atoms with E-state index in [9.17, 15) is 9.59 Å². The van der Waals surface area contributed by atoms with E-state index in [2.05, 4.69) is 10.2 Å². The summed E-state index contributed by atoms with van der Waals surface area (Å²) in [6, 6.07) is 8.88. The molecule has 0 radical (unpaired) electrons. The summed E-state index contributed by atoms with van der Waals surface area (Å²) in [5.74, 6) is 0.500. The highest BCUT2D eigenvalue weighted by Crippen LogP contribution is 2.13. The minimum absolute atomic E-state index is 0.0252. The summed E-state index contributed by atoms with van der Waals surface area (Å²) in [4.78, 5) is 27.4. The molecule has 0 saturated carbocycles. The molecule has 120 valence electrons. The van der Waals surface area contributed by atoms with Crippen molar-refractivity contribution in [2.75, 3.05) is 26.2 Å². The van der Waals surface area contributed by atoms with Gasteiger partial charge in [0, 0.05) is 33.1 Å². The van der Waals surface area contributed by atoms with Gasteiger partial charge in [-0.3, -0.25) is 4.79 Å². The summed E-state index contributed by atoms with van der Waals surface area (Å²) >= 11 is 0. The van der Waals surface area contributed by atoms with Gasteiger partial charge in [-0.05, 0) is 12.1 Å². The second-order valence-electron chi connectivity index (χ2n) is 5.09. The number of benzene rings is 1. The molecule has 1 aliphatic heterocycles. The van der Waals surface area contributed by atoms with Crippen molar-refractivity contribution in [1.82, 2.24) is 20.0 Å². The third-order valence-corrected chi connectivity index (χ3v) is 3.48. The normalized spacial score (nSPS) is 14.7. The van der Waals surface area contributed by atoms with Crippen molar-refractivity contribution < 1.29 is 18.7 Å². The molecule has 3 rings (SSSR count). The molecule has 2 amide bonds. The maximum atomic E-state index is 12.2. The van der Waals surface area contributed by atoms with E-state index in [1.807, 2.05) is 6.07 Å². The molecule has 1 saturated heterocycles. The number of hydrogen-bond acceptors (Lipinski definition) is 6. The van der Waals surface area contributed by atoms with Crippen molar-refractivity contribution in [3.05, 3.63) is 42.1 Å². The van der Waals surface area contributed by atoms with Crippen LogP contribution in [0.25, 0.3) is 0 Å². The average molecular weight is 316 g/mol. The molecule has 8 heteroatoms. The van der Waals surface area contributed by atoms with Crippen LogP contribution in [0.3, 0.4) is 0 Å². The van der Waals surface area contributed by atoms with Crippen molar-refractivity contribution in [2.45, 2.75) is 6.92 Å². The lowest BCUT2D eigenvalue weighted by Crippen LogP contribution is -2.51. The first-order chi connectivity index (χ1) is 11.1. The van der Waals surface area contributed by atoms with Gasteiger partial charge in [0.2, 0.25) is 5.89 Å². The number of carbonyl (C=O) groups excluding carboxylic acids is 2. The molecule has 1 aliphatic rings. The lowest BCUT2D eigenvalue weighted by atomic mass is 10.3. The Morgan fingerprint density at radius 1 is 1.04 bits per heavy atom. The van der Waals surface area contributed by atoms with Crippen LogP contribution in [-0.4, -0.2) is 58.2 Å². The summed E-state index contributed by atoms with van der Waals surface area (Å²) in [6.07, 6.45) is -0.420. The fraction of sp³-hybridized carbons (Fsp3) is 0.333. The fourth-order valence-electron chi connectivity index (χ4n) is 2.26. The van der Waals surface area contributed by atoms with Crippen LogP contribution in [0.4, 0.5) is 4.79 Å². The Bertz CT molecular complexity index is 693. The monoisotopic (exact) mass is 316 g/mol. The maximum Gasteiger partial charge on any atom is 0.415 e. The van der Waals surface area contributed by atoms with Crippen LogP contribution in [0.2, 0.25) is 0 Å². The van der Waals surface area contributed by atoms with E-state index in [-0.39, 0.29) is 11.8 Å². The topological polar surface area (TPSA) is 88.8 Å². The molecule has 8 nitrogen and oxygen atoms in total. The lowest BCUT2D eigenvalue weighted by molar-refractivity contribution is 0.0595. The average Bonchev–Trinajstić information content (AvgIpc) is 3.02. The lowest BCUT2D eigenvalue weighted by Gasteiger charge is -2.33. The second kappa shape index (κ2) is 6.47.